The summed E-state index contributed by atoms with van der Waals surface area (Å²) in [4.78, 5) is 12.1. The minimum atomic E-state index is -3.73. The molecule has 0 fully saturated rings. The lowest BCUT2D eigenvalue weighted by Crippen LogP contribution is -2.11. The first-order valence-electron chi connectivity index (χ1n) is 5.45. The summed E-state index contributed by atoms with van der Waals surface area (Å²) < 4.78 is 25.1. The molecule has 19 heavy (non-hydrogen) atoms. The molecule has 1 aliphatic heterocycles. The summed E-state index contributed by atoms with van der Waals surface area (Å²) in [6.07, 6.45) is 0. The largest absolute Gasteiger partial charge is 0.321 e. The molecule has 0 aliphatic carbocycles. The van der Waals surface area contributed by atoms with Crippen LogP contribution >= 0.6 is 11.6 Å². The van der Waals surface area contributed by atoms with E-state index in [1.807, 2.05) is 0 Å². The normalized spacial score (nSPS) is 15.9. The maximum Gasteiger partial charge on any atom is 0.257 e. The lowest BCUT2D eigenvalue weighted by molar-refractivity contribution is 0.102. The molecule has 0 spiro atoms. The van der Waals surface area contributed by atoms with Crippen LogP contribution in [-0.4, -0.2) is 14.3 Å². The molecule has 1 heterocycles. The van der Waals surface area contributed by atoms with Gasteiger partial charge < -0.3 is 5.32 Å². The van der Waals surface area contributed by atoms with Crippen molar-refractivity contribution in [3.8, 4) is 0 Å². The van der Waals surface area contributed by atoms with Crippen molar-refractivity contribution in [3.63, 3.8) is 0 Å². The number of fused-ring (bicyclic) bond motifs is 2. The number of carbonyl (C=O) groups excluding carboxylic acids is 1. The molecule has 0 atom stereocenters. The Morgan fingerprint density at radius 1 is 1.00 bits per heavy atom. The summed E-state index contributed by atoms with van der Waals surface area (Å²) in [5.41, 5.74) is 0.337. The Bertz CT molecular complexity index is 799. The molecule has 0 saturated carbocycles. The van der Waals surface area contributed by atoms with Gasteiger partial charge in [0.2, 0.25) is 9.84 Å². The summed E-state index contributed by atoms with van der Waals surface area (Å²) in [5.74, 6) is -0.458. The van der Waals surface area contributed by atoms with Crippen LogP contribution in [0.3, 0.4) is 0 Å². The molecule has 0 aromatic heterocycles. The standard InChI is InChI=1S/C13H8ClNO3S/c14-8-5-6-12-10(7-8)15-13(16)9-3-1-2-4-11(9)19(12,17)18/h1-7H,(H,15,16). The van der Waals surface area contributed by atoms with Crippen molar-refractivity contribution in [1.29, 1.82) is 0 Å². The zero-order valence-corrected chi connectivity index (χ0v) is 11.1. The minimum absolute atomic E-state index is 0.00794. The van der Waals surface area contributed by atoms with Crippen LogP contribution in [0.2, 0.25) is 5.02 Å². The third kappa shape index (κ3) is 1.82. The van der Waals surface area contributed by atoms with Gasteiger partial charge in [0.05, 0.1) is 21.0 Å². The Hall–Kier alpha value is -1.85. The maximum atomic E-state index is 12.5. The Kier molecular flexibility index (Phi) is 2.62. The average molecular weight is 294 g/mol. The molecule has 1 N–H and O–H groups in total. The molecule has 96 valence electrons. The lowest BCUT2D eigenvalue weighted by Gasteiger charge is -2.06. The number of hydrogen-bond acceptors (Lipinski definition) is 3. The Morgan fingerprint density at radius 3 is 2.53 bits per heavy atom. The number of carbonyl (C=O) groups is 1. The topological polar surface area (TPSA) is 63.2 Å². The van der Waals surface area contributed by atoms with Crippen LogP contribution < -0.4 is 5.32 Å². The summed E-state index contributed by atoms with van der Waals surface area (Å²) in [5, 5.41) is 2.93. The Morgan fingerprint density at radius 2 is 1.74 bits per heavy atom. The number of anilines is 1. The first-order valence-corrected chi connectivity index (χ1v) is 7.31. The van der Waals surface area contributed by atoms with Gasteiger partial charge in [-0.25, -0.2) is 8.42 Å². The number of hydrogen-bond donors (Lipinski definition) is 1. The van der Waals surface area contributed by atoms with Crippen molar-refractivity contribution >= 4 is 33.0 Å². The van der Waals surface area contributed by atoms with Gasteiger partial charge in [0.1, 0.15) is 0 Å². The highest BCUT2D eigenvalue weighted by molar-refractivity contribution is 7.91. The van der Waals surface area contributed by atoms with E-state index in [2.05, 4.69) is 5.32 Å². The van der Waals surface area contributed by atoms with E-state index in [1.165, 1.54) is 30.3 Å². The number of nitrogens with one attached hydrogen (secondary N) is 1. The first-order chi connectivity index (χ1) is 9.00. The SMILES string of the molecule is O=C1Nc2cc(Cl)ccc2S(=O)(=O)c2ccccc21. The van der Waals surface area contributed by atoms with Gasteiger partial charge in [0.25, 0.3) is 5.91 Å². The summed E-state index contributed by atoms with van der Waals surface area (Å²) >= 11 is 5.84. The molecule has 2 aromatic carbocycles. The van der Waals surface area contributed by atoms with Gasteiger partial charge in [-0.1, -0.05) is 23.7 Å². The van der Waals surface area contributed by atoms with Gasteiger partial charge in [-0.3, -0.25) is 4.79 Å². The van der Waals surface area contributed by atoms with Crippen LogP contribution in [0, 0.1) is 0 Å². The predicted molar refractivity (Wildman–Crippen MR) is 71.3 cm³/mol. The number of benzene rings is 2. The molecule has 0 unspecified atom stereocenters. The molecule has 0 saturated heterocycles. The minimum Gasteiger partial charge on any atom is -0.321 e. The molecule has 6 heteroatoms. The van der Waals surface area contributed by atoms with E-state index in [4.69, 9.17) is 11.6 Å². The van der Waals surface area contributed by atoms with E-state index in [0.717, 1.165) is 0 Å². The summed E-state index contributed by atoms with van der Waals surface area (Å²) in [6.45, 7) is 0. The van der Waals surface area contributed by atoms with Crippen molar-refractivity contribution < 1.29 is 13.2 Å². The maximum absolute atomic E-state index is 12.5. The van der Waals surface area contributed by atoms with Crippen molar-refractivity contribution in [2.24, 2.45) is 0 Å². The van der Waals surface area contributed by atoms with Crippen LogP contribution in [0.25, 0.3) is 0 Å². The van der Waals surface area contributed by atoms with Crippen LogP contribution in [0.15, 0.2) is 52.3 Å². The monoisotopic (exact) mass is 293 g/mol. The number of amides is 1. The van der Waals surface area contributed by atoms with E-state index < -0.39 is 15.7 Å². The average Bonchev–Trinajstić information content (AvgIpc) is 2.45. The second-order valence-corrected chi connectivity index (χ2v) is 6.42. The highest BCUT2D eigenvalue weighted by Crippen LogP contribution is 2.34. The number of sulfone groups is 1. The third-order valence-electron chi connectivity index (χ3n) is 2.90. The molecule has 1 amide bonds. The quantitative estimate of drug-likeness (QED) is 0.812. The van der Waals surface area contributed by atoms with Crippen molar-refractivity contribution in [3.05, 3.63) is 53.1 Å². The van der Waals surface area contributed by atoms with E-state index in [9.17, 15) is 13.2 Å². The van der Waals surface area contributed by atoms with E-state index in [1.54, 1.807) is 12.1 Å². The summed E-state index contributed by atoms with van der Waals surface area (Å²) in [6, 6.07) is 10.4. The fraction of sp³-hybridized carbons (Fsp3) is 0. The van der Waals surface area contributed by atoms with Crippen LogP contribution in [0.5, 0.6) is 0 Å². The number of rotatable bonds is 0. The zero-order chi connectivity index (χ0) is 13.6. The van der Waals surface area contributed by atoms with Crippen molar-refractivity contribution in [2.75, 3.05) is 5.32 Å². The lowest BCUT2D eigenvalue weighted by atomic mass is 10.2. The van der Waals surface area contributed by atoms with Crippen molar-refractivity contribution in [2.45, 2.75) is 9.79 Å². The van der Waals surface area contributed by atoms with E-state index in [0.29, 0.717) is 5.02 Å². The van der Waals surface area contributed by atoms with E-state index >= 15 is 0 Å². The fourth-order valence-electron chi connectivity index (χ4n) is 2.03. The predicted octanol–water partition coefficient (Wildman–Crippen LogP) is 2.74. The molecular formula is C13H8ClNO3S. The van der Waals surface area contributed by atoms with Gasteiger partial charge in [0.15, 0.2) is 0 Å². The zero-order valence-electron chi connectivity index (χ0n) is 9.55. The fourth-order valence-corrected chi connectivity index (χ4v) is 3.79. The smallest absolute Gasteiger partial charge is 0.257 e. The van der Waals surface area contributed by atoms with Gasteiger partial charge in [0, 0.05) is 5.02 Å². The Balaban J connectivity index is 2.40. The molecular weight excluding hydrogens is 286 g/mol. The van der Waals surface area contributed by atoms with Crippen LogP contribution in [-0.2, 0) is 9.84 Å². The molecule has 3 rings (SSSR count). The highest BCUT2D eigenvalue weighted by atomic mass is 35.5. The highest BCUT2D eigenvalue weighted by Gasteiger charge is 2.30. The second kappa shape index (κ2) is 4.08. The second-order valence-electron chi connectivity index (χ2n) is 4.09. The molecule has 4 nitrogen and oxygen atoms in total. The van der Waals surface area contributed by atoms with Gasteiger partial charge in [-0.15, -0.1) is 0 Å². The molecule has 0 bridgehead atoms. The molecule has 0 radical (unpaired) electrons. The first kappa shape index (κ1) is 12.2. The third-order valence-corrected chi connectivity index (χ3v) is 5.01. The van der Waals surface area contributed by atoms with Gasteiger partial charge >= 0.3 is 0 Å². The molecule has 2 aromatic rings. The van der Waals surface area contributed by atoms with Crippen LogP contribution in [0.1, 0.15) is 10.4 Å². The van der Waals surface area contributed by atoms with Gasteiger partial charge in [-0.05, 0) is 30.3 Å². The van der Waals surface area contributed by atoms with Gasteiger partial charge in [-0.2, -0.15) is 0 Å². The Labute approximate surface area is 114 Å². The van der Waals surface area contributed by atoms with Crippen LogP contribution in [0.4, 0.5) is 5.69 Å². The van der Waals surface area contributed by atoms with Crippen molar-refractivity contribution in [1.82, 2.24) is 0 Å². The van der Waals surface area contributed by atoms with E-state index in [-0.39, 0.29) is 21.0 Å². The summed E-state index contributed by atoms with van der Waals surface area (Å²) in [7, 11) is -3.73. The number of halogens is 1. The molecule has 1 aliphatic rings.